The average molecular weight is 241 g/mol. The molecule has 2 rings (SSSR count). The second-order valence-electron chi connectivity index (χ2n) is 4.02. The van der Waals surface area contributed by atoms with Crippen LogP contribution in [-0.2, 0) is 6.54 Å². The van der Waals surface area contributed by atoms with E-state index in [0.29, 0.717) is 17.9 Å². The fraction of sp³-hybridized carbons (Fsp3) is 0.133. The molecule has 0 heterocycles. The van der Waals surface area contributed by atoms with Crippen molar-refractivity contribution in [3.63, 3.8) is 0 Å². The summed E-state index contributed by atoms with van der Waals surface area (Å²) < 4.78 is 5.38. The zero-order valence-electron chi connectivity index (χ0n) is 10.2. The van der Waals surface area contributed by atoms with Gasteiger partial charge in [0.25, 0.3) is 0 Å². The first-order chi connectivity index (χ1) is 8.72. The molecule has 2 aromatic carbocycles. The molecule has 0 saturated heterocycles. The van der Waals surface area contributed by atoms with Crippen molar-refractivity contribution in [1.82, 2.24) is 0 Å². The molecule has 0 bridgehead atoms. The van der Waals surface area contributed by atoms with Crippen molar-refractivity contribution >= 4 is 5.97 Å². The topological polar surface area (TPSA) is 52.3 Å². The van der Waals surface area contributed by atoms with Crippen molar-refractivity contribution in [3.05, 3.63) is 65.2 Å². The van der Waals surface area contributed by atoms with Crippen LogP contribution in [0.25, 0.3) is 0 Å². The summed E-state index contributed by atoms with van der Waals surface area (Å²) in [5.74, 6) is 0.169. The van der Waals surface area contributed by atoms with E-state index in [1.165, 1.54) is 0 Å². The molecule has 3 nitrogen and oxygen atoms in total. The van der Waals surface area contributed by atoms with Gasteiger partial charge in [-0.05, 0) is 24.6 Å². The Morgan fingerprint density at radius 3 is 2.50 bits per heavy atom. The Morgan fingerprint density at radius 1 is 1.11 bits per heavy atom. The van der Waals surface area contributed by atoms with E-state index in [1.807, 2.05) is 43.3 Å². The monoisotopic (exact) mass is 241 g/mol. The van der Waals surface area contributed by atoms with Crippen LogP contribution in [0.15, 0.2) is 48.5 Å². The maximum Gasteiger partial charge on any atom is 0.343 e. The molecule has 2 aromatic rings. The number of carbonyl (C=O) groups is 1. The molecule has 0 amide bonds. The summed E-state index contributed by atoms with van der Waals surface area (Å²) in [6.45, 7) is 2.22. The van der Waals surface area contributed by atoms with Gasteiger partial charge in [-0.15, -0.1) is 0 Å². The minimum Gasteiger partial charge on any atom is -0.423 e. The number of nitrogens with two attached hydrogens (primary N) is 1. The lowest BCUT2D eigenvalue weighted by Gasteiger charge is -2.09. The normalized spacial score (nSPS) is 10.1. The Balaban J connectivity index is 2.24. The van der Waals surface area contributed by atoms with Gasteiger partial charge >= 0.3 is 5.97 Å². The molecule has 0 aliphatic carbocycles. The number of ether oxygens (including phenoxy) is 1. The van der Waals surface area contributed by atoms with Crippen LogP contribution in [0, 0.1) is 6.92 Å². The molecular weight excluding hydrogens is 226 g/mol. The van der Waals surface area contributed by atoms with E-state index in [-0.39, 0.29) is 5.97 Å². The number of benzene rings is 2. The molecule has 0 aliphatic heterocycles. The molecule has 18 heavy (non-hydrogen) atoms. The Morgan fingerprint density at radius 2 is 1.78 bits per heavy atom. The van der Waals surface area contributed by atoms with Crippen molar-refractivity contribution in [1.29, 1.82) is 0 Å². The Hall–Kier alpha value is -2.13. The van der Waals surface area contributed by atoms with Crippen LogP contribution in [0.1, 0.15) is 21.5 Å². The third kappa shape index (κ3) is 2.57. The lowest BCUT2D eigenvalue weighted by molar-refractivity contribution is 0.0732. The summed E-state index contributed by atoms with van der Waals surface area (Å²) in [7, 11) is 0. The van der Waals surface area contributed by atoms with Gasteiger partial charge in [0.15, 0.2) is 0 Å². The molecule has 0 aromatic heterocycles. The largest absolute Gasteiger partial charge is 0.423 e. The van der Waals surface area contributed by atoms with E-state index >= 15 is 0 Å². The van der Waals surface area contributed by atoms with Crippen LogP contribution >= 0.6 is 0 Å². The van der Waals surface area contributed by atoms with Crippen molar-refractivity contribution < 1.29 is 9.53 Å². The van der Waals surface area contributed by atoms with Crippen LogP contribution in [0.5, 0.6) is 5.75 Å². The van der Waals surface area contributed by atoms with Crippen molar-refractivity contribution in [2.75, 3.05) is 0 Å². The SMILES string of the molecule is Cc1ccccc1C(=O)Oc1ccccc1CN. The number of rotatable bonds is 3. The first kappa shape index (κ1) is 12.3. The zero-order valence-corrected chi connectivity index (χ0v) is 10.2. The molecule has 92 valence electrons. The Bertz CT molecular complexity index is 564. The molecule has 3 heteroatoms. The van der Waals surface area contributed by atoms with Gasteiger partial charge in [-0.2, -0.15) is 0 Å². The highest BCUT2D eigenvalue weighted by atomic mass is 16.5. The third-order valence-corrected chi connectivity index (χ3v) is 2.76. The summed E-state index contributed by atoms with van der Waals surface area (Å²) in [6.07, 6.45) is 0. The minimum absolute atomic E-state index is 0.344. The van der Waals surface area contributed by atoms with Gasteiger partial charge in [0.05, 0.1) is 5.56 Å². The molecule has 0 atom stereocenters. The number of aryl methyl sites for hydroxylation is 1. The van der Waals surface area contributed by atoms with E-state index < -0.39 is 0 Å². The van der Waals surface area contributed by atoms with Gasteiger partial charge in [0, 0.05) is 12.1 Å². The predicted octanol–water partition coefficient (Wildman–Crippen LogP) is 2.67. The highest BCUT2D eigenvalue weighted by Crippen LogP contribution is 2.19. The second kappa shape index (κ2) is 5.47. The van der Waals surface area contributed by atoms with Crippen LogP contribution in [0.2, 0.25) is 0 Å². The van der Waals surface area contributed by atoms with Gasteiger partial charge in [0.2, 0.25) is 0 Å². The van der Waals surface area contributed by atoms with Gasteiger partial charge < -0.3 is 10.5 Å². The molecular formula is C15H15NO2. The lowest BCUT2D eigenvalue weighted by Crippen LogP contribution is -2.12. The van der Waals surface area contributed by atoms with Crippen LogP contribution in [0.3, 0.4) is 0 Å². The zero-order chi connectivity index (χ0) is 13.0. The fourth-order valence-electron chi connectivity index (χ4n) is 1.73. The first-order valence-electron chi connectivity index (χ1n) is 5.78. The molecule has 0 saturated carbocycles. The Labute approximate surface area is 106 Å². The number of para-hydroxylation sites is 1. The molecule has 0 radical (unpaired) electrons. The smallest absolute Gasteiger partial charge is 0.343 e. The minimum atomic E-state index is -0.353. The van der Waals surface area contributed by atoms with Crippen molar-refractivity contribution in [2.24, 2.45) is 5.73 Å². The molecule has 0 spiro atoms. The maximum absolute atomic E-state index is 12.0. The summed E-state index contributed by atoms with van der Waals surface area (Å²) in [5.41, 5.74) is 7.89. The van der Waals surface area contributed by atoms with Crippen molar-refractivity contribution in [2.45, 2.75) is 13.5 Å². The number of hydrogen-bond donors (Lipinski definition) is 1. The molecule has 0 fully saturated rings. The lowest BCUT2D eigenvalue weighted by atomic mass is 10.1. The van der Waals surface area contributed by atoms with E-state index in [0.717, 1.165) is 11.1 Å². The highest BCUT2D eigenvalue weighted by molar-refractivity contribution is 5.92. The van der Waals surface area contributed by atoms with E-state index in [9.17, 15) is 4.79 Å². The van der Waals surface area contributed by atoms with E-state index in [1.54, 1.807) is 12.1 Å². The summed E-state index contributed by atoms with van der Waals surface area (Å²) in [5, 5.41) is 0. The predicted molar refractivity (Wildman–Crippen MR) is 70.5 cm³/mol. The Kier molecular flexibility index (Phi) is 3.75. The quantitative estimate of drug-likeness (QED) is 0.664. The van der Waals surface area contributed by atoms with E-state index in [4.69, 9.17) is 10.5 Å². The summed E-state index contributed by atoms with van der Waals surface area (Å²) >= 11 is 0. The average Bonchev–Trinajstić information content (AvgIpc) is 2.39. The van der Waals surface area contributed by atoms with Gasteiger partial charge in [0.1, 0.15) is 5.75 Å². The van der Waals surface area contributed by atoms with Gasteiger partial charge in [-0.1, -0.05) is 36.4 Å². The second-order valence-corrected chi connectivity index (χ2v) is 4.02. The van der Waals surface area contributed by atoms with E-state index in [2.05, 4.69) is 0 Å². The van der Waals surface area contributed by atoms with Gasteiger partial charge in [-0.25, -0.2) is 4.79 Å². The van der Waals surface area contributed by atoms with Crippen molar-refractivity contribution in [3.8, 4) is 5.75 Å². The maximum atomic E-state index is 12.0. The number of esters is 1. The van der Waals surface area contributed by atoms with Crippen LogP contribution in [0.4, 0.5) is 0 Å². The molecule has 0 unspecified atom stereocenters. The third-order valence-electron chi connectivity index (χ3n) is 2.76. The highest BCUT2D eigenvalue weighted by Gasteiger charge is 2.12. The standard InChI is InChI=1S/C15H15NO2/c1-11-6-2-4-8-13(11)15(17)18-14-9-5-3-7-12(14)10-16/h2-9H,10,16H2,1H3. The number of hydrogen-bond acceptors (Lipinski definition) is 3. The number of carbonyl (C=O) groups excluding carboxylic acids is 1. The van der Waals surface area contributed by atoms with Crippen LogP contribution in [-0.4, -0.2) is 5.97 Å². The van der Waals surface area contributed by atoms with Gasteiger partial charge in [-0.3, -0.25) is 0 Å². The van der Waals surface area contributed by atoms with Crippen LogP contribution < -0.4 is 10.5 Å². The molecule has 2 N–H and O–H groups in total. The summed E-state index contributed by atoms with van der Waals surface area (Å²) in [6, 6.07) is 14.6. The fourth-order valence-corrected chi connectivity index (χ4v) is 1.73. The summed E-state index contributed by atoms with van der Waals surface area (Å²) in [4.78, 5) is 12.0. The first-order valence-corrected chi connectivity index (χ1v) is 5.78. The molecule has 0 aliphatic rings.